The molecule has 1 amide bonds. The maximum Gasteiger partial charge on any atom is 0.344 e. The predicted octanol–water partition coefficient (Wildman–Crippen LogP) is 2.51. The van der Waals surface area contributed by atoms with Gasteiger partial charge in [0.25, 0.3) is 5.91 Å². The molecule has 1 atom stereocenters. The third-order valence-electron chi connectivity index (χ3n) is 4.30. The van der Waals surface area contributed by atoms with E-state index in [4.69, 9.17) is 9.15 Å². The number of Topliss-reactive ketones (excluding diaryl/α,β-unsaturated/α-hetero) is 1. The molecule has 2 rings (SSSR count). The van der Waals surface area contributed by atoms with Gasteiger partial charge in [-0.1, -0.05) is 0 Å². The minimum absolute atomic E-state index is 0.0536. The summed E-state index contributed by atoms with van der Waals surface area (Å²) in [5.41, 5.74) is 0.438. The fourth-order valence-corrected chi connectivity index (χ4v) is 2.85. The Morgan fingerprint density at radius 3 is 2.48 bits per heavy atom. The van der Waals surface area contributed by atoms with Gasteiger partial charge >= 0.3 is 5.97 Å². The van der Waals surface area contributed by atoms with Gasteiger partial charge in [0.2, 0.25) is 5.88 Å². The topological polar surface area (TPSA) is 102 Å². The average molecular weight is 409 g/mol. The molecule has 3 N–H and O–H groups in total. The van der Waals surface area contributed by atoms with Gasteiger partial charge in [-0.3, -0.25) is 14.9 Å². The van der Waals surface area contributed by atoms with Crippen molar-refractivity contribution < 1.29 is 37.6 Å². The first kappa shape index (κ1) is 22.2. The van der Waals surface area contributed by atoms with Gasteiger partial charge in [-0.05, 0) is 45.9 Å². The zero-order valence-electron chi connectivity index (χ0n) is 16.6. The lowest BCUT2D eigenvalue weighted by atomic mass is 10.1. The molecule has 1 aromatic heterocycles. The molecule has 7 nitrogen and oxygen atoms in total. The highest BCUT2D eigenvalue weighted by molar-refractivity contribution is 6.10. The van der Waals surface area contributed by atoms with Crippen molar-refractivity contribution in [1.29, 1.82) is 0 Å². The monoisotopic (exact) mass is 409 g/mol. The Balaban J connectivity index is 2.12. The number of anilines is 1. The lowest BCUT2D eigenvalue weighted by molar-refractivity contribution is -0.682. The largest absolute Gasteiger partial charge is 0.462 e. The van der Waals surface area contributed by atoms with Crippen LogP contribution in [0.3, 0.4) is 0 Å². The molecule has 1 aromatic carbocycles. The number of quaternary nitrogens is 1. The first-order chi connectivity index (χ1) is 13.6. The molecule has 1 heterocycles. The van der Waals surface area contributed by atoms with E-state index in [0.717, 1.165) is 12.1 Å². The van der Waals surface area contributed by atoms with E-state index in [0.29, 0.717) is 5.56 Å². The molecule has 0 spiro atoms. The van der Waals surface area contributed by atoms with Crippen LogP contribution in [0.5, 0.6) is 0 Å². The molecule has 0 aliphatic carbocycles. The molecule has 0 aliphatic heterocycles. The number of hydrogen-bond acceptors (Lipinski definition) is 5. The summed E-state index contributed by atoms with van der Waals surface area (Å²) in [6.07, 6.45) is 0. The second kappa shape index (κ2) is 9.42. The summed E-state index contributed by atoms with van der Waals surface area (Å²) in [6, 6.07) is 3.20. The molecular formula is C20H23F2N2O5+. The van der Waals surface area contributed by atoms with E-state index in [9.17, 15) is 23.2 Å². The van der Waals surface area contributed by atoms with Crippen LogP contribution in [0.4, 0.5) is 14.7 Å². The molecular weight excluding hydrogens is 386 g/mol. The summed E-state index contributed by atoms with van der Waals surface area (Å²) in [4.78, 5) is 36.4. The van der Waals surface area contributed by atoms with E-state index < -0.39 is 29.3 Å². The zero-order valence-corrected chi connectivity index (χ0v) is 16.6. The van der Waals surface area contributed by atoms with Gasteiger partial charge in [0.1, 0.15) is 17.4 Å². The SMILES string of the molecule is CCOC(=O)c1c(NC(=O)C[NH2+][C@H](C)c2ccc(F)c(F)c2)oc(C)c1C(C)=O. The van der Waals surface area contributed by atoms with Gasteiger partial charge in [0.15, 0.2) is 24.0 Å². The van der Waals surface area contributed by atoms with Gasteiger partial charge in [-0.25, -0.2) is 13.6 Å². The minimum atomic E-state index is -0.964. The fraction of sp³-hybridized carbons (Fsp3) is 0.350. The second-order valence-corrected chi connectivity index (χ2v) is 6.46. The van der Waals surface area contributed by atoms with E-state index in [-0.39, 0.29) is 42.0 Å². The Kier molecular flexibility index (Phi) is 7.22. The summed E-state index contributed by atoms with van der Waals surface area (Å²) >= 11 is 0. The van der Waals surface area contributed by atoms with Crippen molar-refractivity contribution in [3.63, 3.8) is 0 Å². The van der Waals surface area contributed by atoms with Gasteiger partial charge in [-0.15, -0.1) is 0 Å². The van der Waals surface area contributed by atoms with Crippen LogP contribution in [-0.4, -0.2) is 30.8 Å². The lowest BCUT2D eigenvalue weighted by Gasteiger charge is -2.11. The summed E-state index contributed by atoms with van der Waals surface area (Å²) in [6.45, 7) is 6.14. The Labute approximate surface area is 166 Å². The number of aryl methyl sites for hydroxylation is 1. The standard InChI is InChI=1S/C20H22F2N2O5/c1-5-28-20(27)18-17(11(3)25)12(4)29-19(18)24-16(26)9-23-10(2)13-6-7-14(21)15(22)8-13/h6-8,10,23H,5,9H2,1-4H3,(H,24,26)/p+1/t10-/m1/s1. The van der Waals surface area contributed by atoms with Crippen LogP contribution >= 0.6 is 0 Å². The van der Waals surface area contributed by atoms with Gasteiger partial charge in [-0.2, -0.15) is 0 Å². The van der Waals surface area contributed by atoms with Crippen LogP contribution in [0.1, 0.15) is 58.9 Å². The average Bonchev–Trinajstić information content (AvgIpc) is 2.98. The molecule has 0 radical (unpaired) electrons. The highest BCUT2D eigenvalue weighted by Gasteiger charge is 2.29. The van der Waals surface area contributed by atoms with E-state index in [1.54, 1.807) is 19.2 Å². The molecule has 0 fully saturated rings. The molecule has 0 saturated carbocycles. The summed E-state index contributed by atoms with van der Waals surface area (Å²) < 4.78 is 36.8. The first-order valence-corrected chi connectivity index (χ1v) is 9.05. The number of hydrogen-bond donors (Lipinski definition) is 2. The summed E-state index contributed by atoms with van der Waals surface area (Å²) in [7, 11) is 0. The van der Waals surface area contributed by atoms with Crippen LogP contribution in [0.2, 0.25) is 0 Å². The number of amides is 1. The Morgan fingerprint density at radius 2 is 1.90 bits per heavy atom. The van der Waals surface area contributed by atoms with Crippen LogP contribution in [-0.2, 0) is 9.53 Å². The highest BCUT2D eigenvalue weighted by Crippen LogP contribution is 2.28. The van der Waals surface area contributed by atoms with Crippen molar-refractivity contribution in [2.24, 2.45) is 0 Å². The number of ether oxygens (including phenoxy) is 1. The Bertz CT molecular complexity index is 939. The van der Waals surface area contributed by atoms with Crippen LogP contribution in [0.25, 0.3) is 0 Å². The van der Waals surface area contributed by atoms with Crippen molar-refractivity contribution in [3.05, 3.63) is 52.3 Å². The van der Waals surface area contributed by atoms with Crippen molar-refractivity contribution in [2.45, 2.75) is 33.7 Å². The van der Waals surface area contributed by atoms with Gasteiger partial charge in [0.05, 0.1) is 12.2 Å². The normalized spacial score (nSPS) is 11.8. The quantitative estimate of drug-likeness (QED) is 0.515. The number of furan rings is 1. The van der Waals surface area contributed by atoms with Crippen molar-refractivity contribution in [1.82, 2.24) is 0 Å². The molecule has 0 unspecified atom stereocenters. The van der Waals surface area contributed by atoms with E-state index in [1.165, 1.54) is 19.9 Å². The maximum atomic E-state index is 13.4. The van der Waals surface area contributed by atoms with Crippen LogP contribution in [0.15, 0.2) is 22.6 Å². The molecule has 9 heteroatoms. The van der Waals surface area contributed by atoms with Crippen molar-refractivity contribution >= 4 is 23.5 Å². The number of nitrogens with two attached hydrogens (primary N) is 1. The van der Waals surface area contributed by atoms with Gasteiger partial charge in [0, 0.05) is 5.56 Å². The van der Waals surface area contributed by atoms with Crippen LogP contribution < -0.4 is 10.6 Å². The smallest absolute Gasteiger partial charge is 0.344 e. The molecule has 29 heavy (non-hydrogen) atoms. The fourth-order valence-electron chi connectivity index (χ4n) is 2.85. The Morgan fingerprint density at radius 1 is 1.21 bits per heavy atom. The number of carbonyl (C=O) groups excluding carboxylic acids is 3. The number of rotatable bonds is 8. The minimum Gasteiger partial charge on any atom is -0.462 e. The predicted molar refractivity (Wildman–Crippen MR) is 99.6 cm³/mol. The number of halogens is 2. The maximum absolute atomic E-state index is 13.4. The third kappa shape index (κ3) is 5.26. The molecule has 2 aromatic rings. The number of ketones is 1. The highest BCUT2D eigenvalue weighted by atomic mass is 19.2. The van der Waals surface area contributed by atoms with Crippen molar-refractivity contribution in [3.8, 4) is 0 Å². The summed E-state index contributed by atoms with van der Waals surface area (Å²) in [5, 5.41) is 4.07. The van der Waals surface area contributed by atoms with Gasteiger partial charge < -0.3 is 14.5 Å². The number of esters is 1. The first-order valence-electron chi connectivity index (χ1n) is 9.05. The molecule has 0 bridgehead atoms. The van der Waals surface area contributed by atoms with Crippen molar-refractivity contribution in [2.75, 3.05) is 18.5 Å². The van der Waals surface area contributed by atoms with E-state index in [1.807, 2.05) is 0 Å². The zero-order chi connectivity index (χ0) is 21.7. The number of nitrogens with one attached hydrogen (secondary N) is 1. The number of carbonyl (C=O) groups is 3. The van der Waals surface area contributed by atoms with E-state index in [2.05, 4.69) is 5.32 Å². The van der Waals surface area contributed by atoms with Crippen LogP contribution in [0, 0.1) is 18.6 Å². The Hall–Kier alpha value is -3.07. The summed E-state index contributed by atoms with van der Waals surface area (Å²) in [5.74, 6) is -3.56. The lowest BCUT2D eigenvalue weighted by Crippen LogP contribution is -2.86. The molecule has 0 aliphatic rings. The second-order valence-electron chi connectivity index (χ2n) is 6.46. The number of benzene rings is 1. The molecule has 156 valence electrons. The third-order valence-corrected chi connectivity index (χ3v) is 4.30. The molecule has 0 saturated heterocycles. The van der Waals surface area contributed by atoms with E-state index >= 15 is 0 Å².